The SMILES string of the molecule is CCCN(CC(F)(F)F)c1cc(CNC)c(Cl)cn1. The van der Waals surface area contributed by atoms with Gasteiger partial charge in [0.1, 0.15) is 12.4 Å². The average Bonchev–Trinajstić information content (AvgIpc) is 2.30. The van der Waals surface area contributed by atoms with Crippen LogP contribution >= 0.6 is 11.6 Å². The van der Waals surface area contributed by atoms with Crippen LogP contribution in [0.15, 0.2) is 12.3 Å². The first kappa shape index (κ1) is 16.0. The number of nitrogens with one attached hydrogen (secondary N) is 1. The largest absolute Gasteiger partial charge is 0.405 e. The van der Waals surface area contributed by atoms with Gasteiger partial charge in [0.2, 0.25) is 0 Å². The van der Waals surface area contributed by atoms with Crippen LogP contribution in [0.1, 0.15) is 18.9 Å². The summed E-state index contributed by atoms with van der Waals surface area (Å²) in [5.74, 6) is 0.300. The number of hydrogen-bond donors (Lipinski definition) is 1. The number of aromatic nitrogens is 1. The molecule has 7 heteroatoms. The summed E-state index contributed by atoms with van der Waals surface area (Å²) in [4.78, 5) is 5.21. The maximum atomic E-state index is 12.5. The molecule has 0 aromatic carbocycles. The molecule has 0 saturated heterocycles. The van der Waals surface area contributed by atoms with Crippen molar-refractivity contribution in [2.45, 2.75) is 26.1 Å². The fourth-order valence-electron chi connectivity index (χ4n) is 1.73. The molecule has 1 aromatic rings. The molecular weight excluding hydrogens is 279 g/mol. The van der Waals surface area contributed by atoms with E-state index in [-0.39, 0.29) is 0 Å². The lowest BCUT2D eigenvalue weighted by atomic mass is 10.2. The Balaban J connectivity index is 2.98. The Hall–Kier alpha value is -1.01. The first-order valence-corrected chi connectivity index (χ1v) is 6.36. The lowest BCUT2D eigenvalue weighted by Gasteiger charge is -2.25. The Morgan fingerprint density at radius 2 is 2.11 bits per heavy atom. The van der Waals surface area contributed by atoms with Crippen LogP contribution in [0.25, 0.3) is 0 Å². The number of rotatable bonds is 6. The summed E-state index contributed by atoms with van der Waals surface area (Å²) in [7, 11) is 1.75. The van der Waals surface area contributed by atoms with E-state index in [2.05, 4.69) is 10.3 Å². The minimum atomic E-state index is -4.25. The van der Waals surface area contributed by atoms with E-state index in [9.17, 15) is 13.2 Å². The van der Waals surface area contributed by atoms with Gasteiger partial charge in [0, 0.05) is 19.3 Å². The molecule has 108 valence electrons. The molecule has 1 heterocycles. The van der Waals surface area contributed by atoms with E-state index in [1.165, 1.54) is 11.1 Å². The molecule has 0 amide bonds. The van der Waals surface area contributed by atoms with Crippen LogP contribution in [0.3, 0.4) is 0 Å². The van der Waals surface area contributed by atoms with Crippen LogP contribution in [-0.4, -0.2) is 31.3 Å². The van der Waals surface area contributed by atoms with E-state index in [1.807, 2.05) is 6.92 Å². The Morgan fingerprint density at radius 3 is 2.63 bits per heavy atom. The smallest absolute Gasteiger partial charge is 0.348 e. The maximum absolute atomic E-state index is 12.5. The van der Waals surface area contributed by atoms with Gasteiger partial charge in [-0.3, -0.25) is 0 Å². The first-order valence-electron chi connectivity index (χ1n) is 5.98. The van der Waals surface area contributed by atoms with E-state index in [0.717, 1.165) is 5.56 Å². The van der Waals surface area contributed by atoms with Crippen molar-refractivity contribution >= 4 is 17.4 Å². The second-order valence-electron chi connectivity index (χ2n) is 4.20. The molecular formula is C12H17ClF3N3. The number of pyridine rings is 1. The minimum Gasteiger partial charge on any atom is -0.348 e. The van der Waals surface area contributed by atoms with Crippen LogP contribution in [0.5, 0.6) is 0 Å². The van der Waals surface area contributed by atoms with Gasteiger partial charge in [-0.05, 0) is 25.1 Å². The quantitative estimate of drug-likeness (QED) is 0.873. The van der Waals surface area contributed by atoms with E-state index in [1.54, 1.807) is 13.1 Å². The van der Waals surface area contributed by atoms with Gasteiger partial charge in [-0.2, -0.15) is 13.2 Å². The molecule has 0 atom stereocenters. The standard InChI is InChI=1S/C12H17ClF3N3/c1-3-4-19(8-12(14,15)16)11-5-9(6-17-2)10(13)7-18-11/h5,7,17H,3-4,6,8H2,1-2H3. The van der Waals surface area contributed by atoms with Crippen molar-refractivity contribution in [2.24, 2.45) is 0 Å². The molecule has 0 fully saturated rings. The third-order valence-electron chi connectivity index (χ3n) is 2.48. The molecule has 0 spiro atoms. The number of halogens is 4. The van der Waals surface area contributed by atoms with Crippen LogP contribution in [0, 0.1) is 0 Å². The second-order valence-corrected chi connectivity index (χ2v) is 4.61. The highest BCUT2D eigenvalue weighted by atomic mass is 35.5. The fraction of sp³-hybridized carbons (Fsp3) is 0.583. The summed E-state index contributed by atoms with van der Waals surface area (Å²) in [6.45, 7) is 1.61. The van der Waals surface area contributed by atoms with E-state index >= 15 is 0 Å². The van der Waals surface area contributed by atoms with Gasteiger partial charge in [0.05, 0.1) is 5.02 Å². The molecule has 0 aliphatic carbocycles. The molecule has 1 N–H and O–H groups in total. The molecule has 0 unspecified atom stereocenters. The zero-order valence-electron chi connectivity index (χ0n) is 10.9. The van der Waals surface area contributed by atoms with E-state index < -0.39 is 12.7 Å². The van der Waals surface area contributed by atoms with Crippen LogP contribution in [-0.2, 0) is 6.54 Å². The summed E-state index contributed by atoms with van der Waals surface area (Å²) in [6.07, 6.45) is -2.25. The van der Waals surface area contributed by atoms with Gasteiger partial charge in [-0.1, -0.05) is 18.5 Å². The van der Waals surface area contributed by atoms with Gasteiger partial charge < -0.3 is 10.2 Å². The Bertz CT molecular complexity index is 410. The minimum absolute atomic E-state index is 0.299. The Morgan fingerprint density at radius 1 is 1.42 bits per heavy atom. The van der Waals surface area contributed by atoms with E-state index in [4.69, 9.17) is 11.6 Å². The van der Waals surface area contributed by atoms with Gasteiger partial charge in [0.25, 0.3) is 0 Å². The molecule has 0 radical (unpaired) electrons. The zero-order valence-corrected chi connectivity index (χ0v) is 11.6. The number of hydrogen-bond acceptors (Lipinski definition) is 3. The summed E-state index contributed by atoms with van der Waals surface area (Å²) in [5, 5.41) is 3.36. The highest BCUT2D eigenvalue weighted by molar-refractivity contribution is 6.31. The summed E-state index contributed by atoms with van der Waals surface area (Å²) >= 11 is 5.95. The predicted octanol–water partition coefficient (Wildman–Crippen LogP) is 3.23. The van der Waals surface area contributed by atoms with Crippen molar-refractivity contribution in [1.82, 2.24) is 10.3 Å². The Labute approximate surface area is 115 Å². The van der Waals surface area contributed by atoms with E-state index in [0.29, 0.717) is 30.4 Å². The third kappa shape index (κ3) is 5.24. The van der Waals surface area contributed by atoms with Crippen molar-refractivity contribution in [3.63, 3.8) is 0 Å². The molecule has 0 aliphatic heterocycles. The average molecular weight is 296 g/mol. The second kappa shape index (κ2) is 6.96. The number of alkyl halides is 3. The van der Waals surface area contributed by atoms with Gasteiger partial charge >= 0.3 is 6.18 Å². The summed E-state index contributed by atoms with van der Waals surface area (Å²) in [6, 6.07) is 1.60. The van der Waals surface area contributed by atoms with Crippen molar-refractivity contribution in [3.05, 3.63) is 22.8 Å². The van der Waals surface area contributed by atoms with Gasteiger partial charge in [-0.25, -0.2) is 4.98 Å². The molecule has 1 rings (SSSR count). The monoisotopic (exact) mass is 295 g/mol. The van der Waals surface area contributed by atoms with Crippen LogP contribution in [0.4, 0.5) is 19.0 Å². The molecule has 0 bridgehead atoms. The van der Waals surface area contributed by atoms with Crippen molar-refractivity contribution < 1.29 is 13.2 Å². The predicted molar refractivity (Wildman–Crippen MR) is 70.6 cm³/mol. The molecule has 0 aliphatic rings. The van der Waals surface area contributed by atoms with Crippen molar-refractivity contribution in [3.8, 4) is 0 Å². The van der Waals surface area contributed by atoms with Crippen molar-refractivity contribution in [1.29, 1.82) is 0 Å². The number of nitrogens with zero attached hydrogens (tertiary/aromatic N) is 2. The van der Waals surface area contributed by atoms with Crippen LogP contribution in [0.2, 0.25) is 5.02 Å². The number of anilines is 1. The summed E-state index contributed by atoms with van der Waals surface area (Å²) < 4.78 is 37.6. The van der Waals surface area contributed by atoms with Gasteiger partial charge in [0.15, 0.2) is 0 Å². The summed E-state index contributed by atoms with van der Waals surface area (Å²) in [5.41, 5.74) is 0.734. The first-order chi connectivity index (χ1) is 8.87. The van der Waals surface area contributed by atoms with Crippen molar-refractivity contribution in [2.75, 3.05) is 25.0 Å². The van der Waals surface area contributed by atoms with Gasteiger partial charge in [-0.15, -0.1) is 0 Å². The van der Waals surface area contributed by atoms with Crippen LogP contribution < -0.4 is 10.2 Å². The highest BCUT2D eigenvalue weighted by Gasteiger charge is 2.31. The topological polar surface area (TPSA) is 28.2 Å². The third-order valence-corrected chi connectivity index (χ3v) is 2.82. The molecule has 19 heavy (non-hydrogen) atoms. The zero-order chi connectivity index (χ0) is 14.5. The fourth-order valence-corrected chi connectivity index (χ4v) is 1.90. The Kier molecular flexibility index (Phi) is 5.87. The molecule has 1 aromatic heterocycles. The normalized spacial score (nSPS) is 11.7. The lowest BCUT2D eigenvalue weighted by molar-refractivity contribution is -0.119. The maximum Gasteiger partial charge on any atom is 0.405 e. The molecule has 0 saturated carbocycles. The highest BCUT2D eigenvalue weighted by Crippen LogP contribution is 2.24. The molecule has 3 nitrogen and oxygen atoms in total. The lowest BCUT2D eigenvalue weighted by Crippen LogP contribution is -2.35.